The highest BCUT2D eigenvalue weighted by Crippen LogP contribution is 2.21. The summed E-state index contributed by atoms with van der Waals surface area (Å²) in [6.07, 6.45) is 3.45. The van der Waals surface area contributed by atoms with Crippen LogP contribution in [-0.4, -0.2) is 10.1 Å². The van der Waals surface area contributed by atoms with Gasteiger partial charge in [-0.25, -0.2) is 0 Å². The predicted molar refractivity (Wildman–Crippen MR) is 64.1 cm³/mol. The fraction of sp³-hybridized carbons (Fsp3) is 0.0833. The number of hydrogen-bond donors (Lipinski definition) is 3. The minimum absolute atomic E-state index is 0.119. The summed E-state index contributed by atoms with van der Waals surface area (Å²) in [4.78, 5) is 3.93. The van der Waals surface area contributed by atoms with Crippen LogP contribution >= 0.6 is 0 Å². The Morgan fingerprint density at radius 2 is 1.94 bits per heavy atom. The Hall–Kier alpha value is -2.23. The van der Waals surface area contributed by atoms with Gasteiger partial charge in [0.1, 0.15) is 5.75 Å². The van der Waals surface area contributed by atoms with Crippen LogP contribution in [0.5, 0.6) is 5.75 Å². The number of nitrogen functional groups attached to an aromatic ring is 1. The van der Waals surface area contributed by atoms with Crippen molar-refractivity contribution >= 4 is 11.4 Å². The van der Waals surface area contributed by atoms with Crippen LogP contribution in [0.15, 0.2) is 42.7 Å². The molecule has 2 aromatic rings. The number of aromatic hydroxyl groups is 1. The normalized spacial score (nSPS) is 10.0. The highest BCUT2D eigenvalue weighted by atomic mass is 16.3. The van der Waals surface area contributed by atoms with Gasteiger partial charge in [0.05, 0.1) is 5.69 Å². The molecular weight excluding hydrogens is 202 g/mol. The molecule has 0 spiro atoms. The Labute approximate surface area is 93.8 Å². The minimum atomic E-state index is 0.119. The van der Waals surface area contributed by atoms with Gasteiger partial charge in [0.15, 0.2) is 0 Å². The van der Waals surface area contributed by atoms with Crippen LogP contribution in [0.1, 0.15) is 5.56 Å². The maximum Gasteiger partial charge on any atom is 0.138 e. The predicted octanol–water partition coefficient (Wildman–Crippen LogP) is 1.98. The summed E-state index contributed by atoms with van der Waals surface area (Å²) in [7, 11) is 0. The van der Waals surface area contributed by atoms with Gasteiger partial charge in [-0.05, 0) is 29.8 Å². The van der Waals surface area contributed by atoms with E-state index in [1.807, 2.05) is 18.2 Å². The van der Waals surface area contributed by atoms with Crippen molar-refractivity contribution in [3.05, 3.63) is 48.3 Å². The van der Waals surface area contributed by atoms with E-state index in [4.69, 9.17) is 5.73 Å². The number of nitrogens with zero attached hydrogens (tertiary/aromatic N) is 1. The number of phenolic OH excluding ortho intramolecular Hbond substituents is 1. The van der Waals surface area contributed by atoms with E-state index in [-0.39, 0.29) is 5.75 Å². The summed E-state index contributed by atoms with van der Waals surface area (Å²) >= 11 is 0. The van der Waals surface area contributed by atoms with E-state index in [9.17, 15) is 5.11 Å². The topological polar surface area (TPSA) is 71.2 Å². The zero-order valence-corrected chi connectivity index (χ0v) is 8.72. The summed E-state index contributed by atoms with van der Waals surface area (Å²) in [6.45, 7) is 0.637. The molecule has 0 amide bonds. The van der Waals surface area contributed by atoms with Gasteiger partial charge in [-0.3, -0.25) is 4.98 Å². The average molecular weight is 215 g/mol. The van der Waals surface area contributed by atoms with Crippen molar-refractivity contribution in [2.24, 2.45) is 0 Å². The van der Waals surface area contributed by atoms with Gasteiger partial charge in [-0.1, -0.05) is 6.07 Å². The molecule has 0 saturated heterocycles. The number of nitrogens with two attached hydrogens (primary N) is 1. The van der Waals surface area contributed by atoms with Crippen molar-refractivity contribution in [2.45, 2.75) is 6.54 Å². The first-order chi connectivity index (χ1) is 7.75. The molecule has 0 aliphatic carbocycles. The molecule has 0 atom stereocenters. The molecule has 16 heavy (non-hydrogen) atoms. The Kier molecular flexibility index (Phi) is 2.91. The number of pyridine rings is 1. The molecule has 2 rings (SSSR count). The molecule has 82 valence electrons. The smallest absolute Gasteiger partial charge is 0.138 e. The van der Waals surface area contributed by atoms with Gasteiger partial charge in [-0.2, -0.15) is 0 Å². The molecule has 4 heteroatoms. The number of benzene rings is 1. The molecule has 0 aliphatic rings. The molecule has 1 aromatic heterocycles. The molecule has 4 nitrogen and oxygen atoms in total. The van der Waals surface area contributed by atoms with Crippen LogP contribution < -0.4 is 11.1 Å². The molecule has 0 unspecified atom stereocenters. The van der Waals surface area contributed by atoms with E-state index in [1.54, 1.807) is 24.5 Å². The first kappa shape index (κ1) is 10.3. The van der Waals surface area contributed by atoms with E-state index in [0.29, 0.717) is 12.2 Å². The van der Waals surface area contributed by atoms with E-state index < -0.39 is 0 Å². The van der Waals surface area contributed by atoms with Crippen molar-refractivity contribution in [1.82, 2.24) is 4.98 Å². The lowest BCUT2D eigenvalue weighted by molar-refractivity contribution is 0.477. The van der Waals surface area contributed by atoms with Crippen molar-refractivity contribution in [2.75, 3.05) is 11.1 Å². The van der Waals surface area contributed by atoms with Gasteiger partial charge >= 0.3 is 0 Å². The van der Waals surface area contributed by atoms with Crippen LogP contribution in [0.4, 0.5) is 11.4 Å². The van der Waals surface area contributed by atoms with Gasteiger partial charge in [-0.15, -0.1) is 0 Å². The van der Waals surface area contributed by atoms with E-state index >= 15 is 0 Å². The number of anilines is 2. The number of aromatic nitrogens is 1. The van der Waals surface area contributed by atoms with E-state index in [2.05, 4.69) is 10.3 Å². The number of nitrogens with one attached hydrogen (secondary N) is 1. The molecule has 0 bridgehead atoms. The summed E-state index contributed by atoms with van der Waals surface area (Å²) in [6, 6.07) is 9.00. The third kappa shape index (κ3) is 2.42. The fourth-order valence-corrected chi connectivity index (χ4v) is 1.37. The molecule has 0 aliphatic heterocycles. The van der Waals surface area contributed by atoms with Gasteiger partial charge < -0.3 is 16.2 Å². The highest BCUT2D eigenvalue weighted by Gasteiger charge is 1.98. The van der Waals surface area contributed by atoms with Crippen LogP contribution in [0, 0.1) is 0 Å². The number of hydrogen-bond acceptors (Lipinski definition) is 4. The van der Waals surface area contributed by atoms with Crippen LogP contribution in [0.2, 0.25) is 0 Å². The zero-order valence-electron chi connectivity index (χ0n) is 8.72. The number of phenols is 1. The first-order valence-corrected chi connectivity index (χ1v) is 4.97. The summed E-state index contributed by atoms with van der Waals surface area (Å²) in [5, 5.41) is 12.7. The van der Waals surface area contributed by atoms with Crippen molar-refractivity contribution in [3.8, 4) is 5.75 Å². The molecule has 1 aromatic carbocycles. The quantitative estimate of drug-likeness (QED) is 0.541. The van der Waals surface area contributed by atoms with Gasteiger partial charge in [0.25, 0.3) is 0 Å². The SMILES string of the molecule is Nc1ccc(CNc2ccncc2)cc1O. The molecule has 0 radical (unpaired) electrons. The standard InChI is InChI=1S/C12H13N3O/c13-11-2-1-9(7-12(11)16)8-15-10-3-5-14-6-4-10/h1-7,16H,8,13H2,(H,14,15). The Morgan fingerprint density at radius 1 is 1.19 bits per heavy atom. The largest absolute Gasteiger partial charge is 0.506 e. The van der Waals surface area contributed by atoms with Crippen molar-refractivity contribution < 1.29 is 5.11 Å². The summed E-state index contributed by atoms with van der Waals surface area (Å²) in [5.41, 5.74) is 7.88. The maximum absolute atomic E-state index is 9.43. The maximum atomic E-state index is 9.43. The lowest BCUT2D eigenvalue weighted by Crippen LogP contribution is -1.99. The molecule has 0 fully saturated rings. The minimum Gasteiger partial charge on any atom is -0.506 e. The second kappa shape index (κ2) is 4.53. The zero-order chi connectivity index (χ0) is 11.4. The molecule has 0 saturated carbocycles. The Bertz CT molecular complexity index is 471. The lowest BCUT2D eigenvalue weighted by Gasteiger charge is -2.07. The summed E-state index contributed by atoms with van der Waals surface area (Å²) < 4.78 is 0. The van der Waals surface area contributed by atoms with Gasteiger partial charge in [0, 0.05) is 24.6 Å². The first-order valence-electron chi connectivity index (χ1n) is 4.97. The highest BCUT2D eigenvalue weighted by molar-refractivity contribution is 5.53. The van der Waals surface area contributed by atoms with Crippen LogP contribution in [0.25, 0.3) is 0 Å². The van der Waals surface area contributed by atoms with Crippen molar-refractivity contribution in [1.29, 1.82) is 0 Å². The third-order valence-corrected chi connectivity index (χ3v) is 2.27. The molecule has 4 N–H and O–H groups in total. The third-order valence-electron chi connectivity index (χ3n) is 2.27. The van der Waals surface area contributed by atoms with Gasteiger partial charge in [0.2, 0.25) is 0 Å². The second-order valence-corrected chi connectivity index (χ2v) is 3.48. The van der Waals surface area contributed by atoms with Crippen LogP contribution in [0.3, 0.4) is 0 Å². The van der Waals surface area contributed by atoms with E-state index in [0.717, 1.165) is 11.3 Å². The molecule has 1 heterocycles. The lowest BCUT2D eigenvalue weighted by atomic mass is 10.2. The van der Waals surface area contributed by atoms with E-state index in [1.165, 1.54) is 0 Å². The number of rotatable bonds is 3. The monoisotopic (exact) mass is 215 g/mol. The molecular formula is C12H13N3O. The summed E-state index contributed by atoms with van der Waals surface area (Å²) in [5.74, 6) is 0.119. The fourth-order valence-electron chi connectivity index (χ4n) is 1.37. The average Bonchev–Trinajstić information content (AvgIpc) is 2.32. The van der Waals surface area contributed by atoms with Crippen LogP contribution in [-0.2, 0) is 6.54 Å². The Balaban J connectivity index is 2.03. The second-order valence-electron chi connectivity index (χ2n) is 3.48. The Morgan fingerprint density at radius 3 is 2.62 bits per heavy atom. The van der Waals surface area contributed by atoms with Crippen molar-refractivity contribution in [3.63, 3.8) is 0 Å².